The topological polar surface area (TPSA) is 40.5 Å². The number of rotatable bonds is 3. The molecule has 1 aliphatic heterocycles. The van der Waals surface area contributed by atoms with Crippen LogP contribution >= 0.6 is 0 Å². The summed E-state index contributed by atoms with van der Waals surface area (Å²) in [5.41, 5.74) is -2.78. The Morgan fingerprint density at radius 1 is 1.17 bits per heavy atom. The fourth-order valence-corrected chi connectivity index (χ4v) is 2.82. The van der Waals surface area contributed by atoms with Crippen molar-refractivity contribution < 1.29 is 36.2 Å². The van der Waals surface area contributed by atoms with Crippen molar-refractivity contribution in [2.75, 3.05) is 13.1 Å². The minimum absolute atomic E-state index is 0.0167. The van der Waals surface area contributed by atoms with E-state index in [-0.39, 0.29) is 13.1 Å². The number of carboxylic acid groups (broad SMARTS) is 1. The van der Waals surface area contributed by atoms with E-state index in [1.54, 1.807) is 0 Å². The van der Waals surface area contributed by atoms with E-state index in [2.05, 4.69) is 0 Å². The summed E-state index contributed by atoms with van der Waals surface area (Å²) in [5.74, 6) is -1.78. The van der Waals surface area contributed by atoms with Crippen LogP contribution in [0.25, 0.3) is 0 Å². The lowest BCUT2D eigenvalue weighted by Crippen LogP contribution is -2.38. The number of aliphatic carboxylic acids is 1. The molecule has 1 unspecified atom stereocenters. The van der Waals surface area contributed by atoms with Crippen LogP contribution in [-0.4, -0.2) is 29.1 Å². The van der Waals surface area contributed by atoms with Gasteiger partial charge in [0.2, 0.25) is 0 Å². The van der Waals surface area contributed by atoms with Gasteiger partial charge in [-0.2, -0.15) is 26.3 Å². The monoisotopic (exact) mass is 355 g/mol. The lowest BCUT2D eigenvalue weighted by Gasteiger charge is -2.31. The van der Waals surface area contributed by atoms with Gasteiger partial charge in [-0.15, -0.1) is 0 Å². The van der Waals surface area contributed by atoms with Gasteiger partial charge in [0, 0.05) is 13.1 Å². The molecule has 1 fully saturated rings. The van der Waals surface area contributed by atoms with Crippen molar-refractivity contribution in [2.45, 2.75) is 31.7 Å². The van der Waals surface area contributed by atoms with Crippen molar-refractivity contribution in [2.24, 2.45) is 5.92 Å². The van der Waals surface area contributed by atoms with E-state index in [9.17, 15) is 31.1 Å². The Morgan fingerprint density at radius 2 is 1.83 bits per heavy atom. The fraction of sp³-hybridized carbons (Fsp3) is 0.533. The zero-order chi connectivity index (χ0) is 18.1. The SMILES string of the molecule is O=C(O)C1CCCN(Cc2cc(C(F)(F)F)ccc2C(F)(F)F)C1. The Hall–Kier alpha value is -1.77. The van der Waals surface area contributed by atoms with Gasteiger partial charge in [-0.25, -0.2) is 0 Å². The minimum atomic E-state index is -4.78. The van der Waals surface area contributed by atoms with E-state index < -0.39 is 40.9 Å². The number of benzene rings is 1. The number of nitrogens with zero attached hydrogens (tertiary/aromatic N) is 1. The smallest absolute Gasteiger partial charge is 0.416 e. The van der Waals surface area contributed by atoms with Gasteiger partial charge >= 0.3 is 18.3 Å². The van der Waals surface area contributed by atoms with Crippen molar-refractivity contribution in [3.05, 3.63) is 34.9 Å². The average molecular weight is 355 g/mol. The molecule has 0 aromatic heterocycles. The summed E-state index contributed by atoms with van der Waals surface area (Å²) in [6, 6.07) is 1.33. The molecule has 2 rings (SSSR count). The van der Waals surface area contributed by atoms with Crippen molar-refractivity contribution in [1.82, 2.24) is 4.90 Å². The third kappa shape index (κ3) is 4.40. The highest BCUT2D eigenvalue weighted by molar-refractivity contribution is 5.70. The summed E-state index contributed by atoms with van der Waals surface area (Å²) in [6.07, 6.45) is -8.65. The van der Waals surface area contributed by atoms with E-state index in [1.165, 1.54) is 4.90 Å². The zero-order valence-electron chi connectivity index (χ0n) is 12.4. The number of alkyl halides is 6. The average Bonchev–Trinajstić information content (AvgIpc) is 2.45. The van der Waals surface area contributed by atoms with Crippen LogP contribution in [0.5, 0.6) is 0 Å². The standard InChI is InChI=1S/C15H15F6NO2/c16-14(17,18)11-3-4-12(15(19,20)21)10(6-11)8-22-5-1-2-9(7-22)13(23)24/h3-4,6,9H,1-2,5,7-8H2,(H,23,24). The molecule has 1 heterocycles. The number of carboxylic acids is 1. The highest BCUT2D eigenvalue weighted by Crippen LogP contribution is 2.37. The second-order valence-corrected chi connectivity index (χ2v) is 5.78. The molecule has 3 nitrogen and oxygen atoms in total. The van der Waals surface area contributed by atoms with Crippen LogP contribution in [0.2, 0.25) is 0 Å². The van der Waals surface area contributed by atoms with E-state index in [1.807, 2.05) is 0 Å². The van der Waals surface area contributed by atoms with E-state index in [0.29, 0.717) is 37.6 Å². The first-order chi connectivity index (χ1) is 11.0. The summed E-state index contributed by atoms with van der Waals surface area (Å²) < 4.78 is 77.4. The molecule has 1 aromatic rings. The summed E-state index contributed by atoms with van der Waals surface area (Å²) in [7, 11) is 0. The molecular formula is C15H15F6NO2. The molecule has 0 bridgehead atoms. The first kappa shape index (κ1) is 18.6. The predicted octanol–water partition coefficient (Wildman–Crippen LogP) is 4.02. The molecule has 134 valence electrons. The summed E-state index contributed by atoms with van der Waals surface area (Å²) in [4.78, 5) is 12.5. The Balaban J connectivity index is 2.31. The molecule has 0 aliphatic carbocycles. The number of halogens is 6. The van der Waals surface area contributed by atoms with Crippen LogP contribution in [-0.2, 0) is 23.7 Å². The first-order valence-corrected chi connectivity index (χ1v) is 7.21. The number of hydrogen-bond donors (Lipinski definition) is 1. The predicted molar refractivity (Wildman–Crippen MR) is 72.1 cm³/mol. The molecular weight excluding hydrogens is 340 g/mol. The van der Waals surface area contributed by atoms with Crippen LogP contribution in [0.1, 0.15) is 29.5 Å². The van der Waals surface area contributed by atoms with Gasteiger partial charge in [-0.05, 0) is 43.1 Å². The molecule has 1 atom stereocenters. The molecule has 1 aromatic carbocycles. The summed E-state index contributed by atoms with van der Waals surface area (Å²) >= 11 is 0. The highest BCUT2D eigenvalue weighted by atomic mass is 19.4. The maximum atomic E-state index is 13.0. The minimum Gasteiger partial charge on any atom is -0.481 e. The number of hydrogen-bond acceptors (Lipinski definition) is 2. The van der Waals surface area contributed by atoms with Crippen LogP contribution < -0.4 is 0 Å². The Morgan fingerprint density at radius 3 is 2.38 bits per heavy atom. The Kier molecular flexibility index (Phi) is 5.12. The lowest BCUT2D eigenvalue weighted by molar-refractivity contribution is -0.144. The van der Waals surface area contributed by atoms with Gasteiger partial charge in [-0.3, -0.25) is 9.69 Å². The third-order valence-corrected chi connectivity index (χ3v) is 3.99. The van der Waals surface area contributed by atoms with Crippen molar-refractivity contribution in [3.63, 3.8) is 0 Å². The van der Waals surface area contributed by atoms with Gasteiger partial charge in [0.25, 0.3) is 0 Å². The van der Waals surface area contributed by atoms with Crippen molar-refractivity contribution >= 4 is 5.97 Å². The van der Waals surface area contributed by atoms with Gasteiger partial charge < -0.3 is 5.11 Å². The molecule has 0 radical (unpaired) electrons. The third-order valence-electron chi connectivity index (χ3n) is 3.99. The largest absolute Gasteiger partial charge is 0.481 e. The lowest BCUT2D eigenvalue weighted by atomic mass is 9.96. The summed E-state index contributed by atoms with van der Waals surface area (Å²) in [5, 5.41) is 9.00. The summed E-state index contributed by atoms with van der Waals surface area (Å²) in [6.45, 7) is -0.0112. The van der Waals surface area contributed by atoms with Crippen LogP contribution in [0.4, 0.5) is 26.3 Å². The molecule has 1 saturated heterocycles. The van der Waals surface area contributed by atoms with E-state index >= 15 is 0 Å². The van der Waals surface area contributed by atoms with Crippen LogP contribution in [0, 0.1) is 5.92 Å². The normalized spacial score (nSPS) is 20.2. The Labute approximate surface area is 133 Å². The molecule has 1 aliphatic rings. The van der Waals surface area contributed by atoms with Gasteiger partial charge in [-0.1, -0.05) is 0 Å². The molecule has 0 saturated carbocycles. The fourth-order valence-electron chi connectivity index (χ4n) is 2.82. The van der Waals surface area contributed by atoms with E-state index in [4.69, 9.17) is 5.11 Å². The highest BCUT2D eigenvalue weighted by Gasteiger charge is 2.37. The molecule has 0 amide bonds. The van der Waals surface area contributed by atoms with Gasteiger partial charge in [0.15, 0.2) is 0 Å². The number of carbonyl (C=O) groups is 1. The second-order valence-electron chi connectivity index (χ2n) is 5.78. The molecule has 1 N–H and O–H groups in total. The van der Waals surface area contributed by atoms with Crippen LogP contribution in [0.3, 0.4) is 0 Å². The Bertz CT molecular complexity index is 611. The maximum Gasteiger partial charge on any atom is 0.416 e. The number of piperidine rings is 1. The molecule has 0 spiro atoms. The molecule has 9 heteroatoms. The van der Waals surface area contributed by atoms with Gasteiger partial charge in [0.1, 0.15) is 0 Å². The van der Waals surface area contributed by atoms with Crippen LogP contribution in [0.15, 0.2) is 18.2 Å². The quantitative estimate of drug-likeness (QED) is 0.833. The van der Waals surface area contributed by atoms with Crippen molar-refractivity contribution in [1.29, 1.82) is 0 Å². The first-order valence-electron chi connectivity index (χ1n) is 7.21. The van der Waals surface area contributed by atoms with Gasteiger partial charge in [0.05, 0.1) is 17.0 Å². The number of likely N-dealkylation sites (tertiary alicyclic amines) is 1. The van der Waals surface area contributed by atoms with Crippen molar-refractivity contribution in [3.8, 4) is 0 Å². The second kappa shape index (κ2) is 6.62. The molecule has 24 heavy (non-hydrogen) atoms. The maximum absolute atomic E-state index is 13.0. The van der Waals surface area contributed by atoms with E-state index in [0.717, 1.165) is 0 Å². The zero-order valence-corrected chi connectivity index (χ0v) is 12.4.